The molecule has 0 amide bonds. The van der Waals surface area contributed by atoms with Gasteiger partial charge in [-0.05, 0) is 43.0 Å². The van der Waals surface area contributed by atoms with E-state index in [1.165, 1.54) is 19.5 Å². The SMILES string of the molecule is COC(=O)c1cc(-c2cnn(S(=O)(=O)C3CC3)c2)cc(N)c1C. The lowest BCUT2D eigenvalue weighted by Gasteiger charge is -2.09. The van der Waals surface area contributed by atoms with Gasteiger partial charge in [0, 0.05) is 11.3 Å². The van der Waals surface area contributed by atoms with Crippen LogP contribution in [-0.2, 0) is 14.8 Å². The zero-order valence-electron chi connectivity index (χ0n) is 12.8. The number of aromatic nitrogens is 2. The Kier molecular flexibility index (Phi) is 3.63. The highest BCUT2D eigenvalue weighted by Crippen LogP contribution is 2.31. The monoisotopic (exact) mass is 335 g/mol. The average Bonchev–Trinajstić information content (AvgIpc) is 3.27. The zero-order valence-corrected chi connectivity index (χ0v) is 13.6. The number of anilines is 1. The van der Waals surface area contributed by atoms with Crippen LogP contribution < -0.4 is 5.73 Å². The molecule has 1 aromatic heterocycles. The van der Waals surface area contributed by atoms with Crippen molar-refractivity contribution in [2.24, 2.45) is 0 Å². The fourth-order valence-electron chi connectivity index (χ4n) is 2.34. The molecule has 0 unspecified atom stereocenters. The molecule has 0 atom stereocenters. The lowest BCUT2D eigenvalue weighted by molar-refractivity contribution is 0.0600. The van der Waals surface area contributed by atoms with Crippen LogP contribution in [0.15, 0.2) is 24.5 Å². The minimum Gasteiger partial charge on any atom is -0.465 e. The van der Waals surface area contributed by atoms with Crippen molar-refractivity contribution in [3.8, 4) is 11.1 Å². The smallest absolute Gasteiger partial charge is 0.338 e. The molecule has 0 bridgehead atoms. The lowest BCUT2D eigenvalue weighted by Crippen LogP contribution is -2.17. The highest BCUT2D eigenvalue weighted by molar-refractivity contribution is 7.90. The second-order valence-electron chi connectivity index (χ2n) is 5.58. The Hall–Kier alpha value is -2.35. The van der Waals surface area contributed by atoms with Gasteiger partial charge in [0.25, 0.3) is 10.0 Å². The van der Waals surface area contributed by atoms with E-state index in [9.17, 15) is 13.2 Å². The van der Waals surface area contributed by atoms with E-state index in [2.05, 4.69) is 5.10 Å². The minimum absolute atomic E-state index is 0.344. The summed E-state index contributed by atoms with van der Waals surface area (Å²) in [6.45, 7) is 1.73. The zero-order chi connectivity index (χ0) is 16.8. The van der Waals surface area contributed by atoms with E-state index in [0.717, 1.165) is 4.09 Å². The molecule has 1 saturated carbocycles. The van der Waals surface area contributed by atoms with Crippen molar-refractivity contribution >= 4 is 21.7 Å². The number of carbonyl (C=O) groups is 1. The molecular formula is C15H17N3O4S. The van der Waals surface area contributed by atoms with E-state index < -0.39 is 16.0 Å². The van der Waals surface area contributed by atoms with Gasteiger partial charge in [-0.3, -0.25) is 0 Å². The van der Waals surface area contributed by atoms with Gasteiger partial charge < -0.3 is 10.5 Å². The van der Waals surface area contributed by atoms with Gasteiger partial charge in [0.05, 0.1) is 30.3 Å². The first-order chi connectivity index (χ1) is 10.8. The first kappa shape index (κ1) is 15.5. The van der Waals surface area contributed by atoms with Crippen LogP contribution >= 0.6 is 0 Å². The maximum atomic E-state index is 12.2. The predicted molar refractivity (Wildman–Crippen MR) is 85.5 cm³/mol. The molecule has 1 aliphatic carbocycles. The Labute approximate surface area is 134 Å². The minimum atomic E-state index is -3.42. The molecule has 0 radical (unpaired) electrons. The second-order valence-corrected chi connectivity index (χ2v) is 7.65. The fraction of sp³-hybridized carbons (Fsp3) is 0.333. The van der Waals surface area contributed by atoms with Crippen LogP contribution in [0, 0.1) is 6.92 Å². The molecule has 122 valence electrons. The van der Waals surface area contributed by atoms with E-state index in [4.69, 9.17) is 10.5 Å². The number of rotatable bonds is 4. The maximum absolute atomic E-state index is 12.2. The number of methoxy groups -OCH3 is 1. The van der Waals surface area contributed by atoms with E-state index in [1.807, 2.05) is 0 Å². The largest absolute Gasteiger partial charge is 0.465 e. The third kappa shape index (κ3) is 2.70. The molecule has 1 aliphatic rings. The summed E-state index contributed by atoms with van der Waals surface area (Å²) in [5, 5.41) is 3.60. The number of benzene rings is 1. The number of nitrogens with two attached hydrogens (primary N) is 1. The van der Waals surface area contributed by atoms with E-state index in [1.54, 1.807) is 19.1 Å². The second kappa shape index (κ2) is 5.38. The maximum Gasteiger partial charge on any atom is 0.338 e. The quantitative estimate of drug-likeness (QED) is 0.672. The first-order valence-electron chi connectivity index (χ1n) is 7.12. The Morgan fingerprint density at radius 1 is 1.35 bits per heavy atom. The number of nitrogens with zero attached hydrogens (tertiary/aromatic N) is 2. The molecule has 1 fully saturated rings. The molecule has 0 spiro atoms. The molecule has 8 heteroatoms. The Balaban J connectivity index is 2.04. The van der Waals surface area contributed by atoms with Gasteiger partial charge in [-0.25, -0.2) is 13.2 Å². The highest BCUT2D eigenvalue weighted by Gasteiger charge is 2.37. The summed E-state index contributed by atoms with van der Waals surface area (Å²) in [6.07, 6.45) is 4.23. The summed E-state index contributed by atoms with van der Waals surface area (Å²) >= 11 is 0. The fourth-order valence-corrected chi connectivity index (χ4v) is 3.81. The Morgan fingerprint density at radius 3 is 2.65 bits per heavy atom. The molecule has 7 nitrogen and oxygen atoms in total. The van der Waals surface area contributed by atoms with Crippen LogP contribution in [0.1, 0.15) is 28.8 Å². The standard InChI is InChI=1S/C15H17N3O4S/c1-9-13(15(19)22-2)5-10(6-14(9)16)11-7-17-18(8-11)23(20,21)12-3-4-12/h5-8,12H,3-4,16H2,1-2H3. The van der Waals surface area contributed by atoms with Crippen LogP contribution in [-0.4, -0.2) is 35.9 Å². The van der Waals surface area contributed by atoms with Gasteiger partial charge in [0.1, 0.15) is 0 Å². The number of hydrogen-bond donors (Lipinski definition) is 1. The summed E-state index contributed by atoms with van der Waals surface area (Å²) in [7, 11) is -2.12. The first-order valence-corrected chi connectivity index (χ1v) is 8.62. The summed E-state index contributed by atoms with van der Waals surface area (Å²) < 4.78 is 30.1. The van der Waals surface area contributed by atoms with Gasteiger partial charge in [0.15, 0.2) is 0 Å². The van der Waals surface area contributed by atoms with Crippen molar-refractivity contribution < 1.29 is 17.9 Å². The molecule has 1 aromatic carbocycles. The number of esters is 1. The summed E-state index contributed by atoms with van der Waals surface area (Å²) in [5.74, 6) is -0.492. The highest BCUT2D eigenvalue weighted by atomic mass is 32.2. The van der Waals surface area contributed by atoms with Crippen molar-refractivity contribution in [1.82, 2.24) is 9.19 Å². The van der Waals surface area contributed by atoms with E-state index in [0.29, 0.717) is 40.8 Å². The number of carbonyl (C=O) groups excluding carboxylic acids is 1. The van der Waals surface area contributed by atoms with Crippen LogP contribution in [0.3, 0.4) is 0 Å². The van der Waals surface area contributed by atoms with Crippen LogP contribution in [0.4, 0.5) is 5.69 Å². The molecule has 2 aromatic rings. The molecule has 0 aliphatic heterocycles. The summed E-state index contributed by atoms with van der Waals surface area (Å²) in [6, 6.07) is 3.31. The normalized spacial score (nSPS) is 14.7. The topological polar surface area (TPSA) is 104 Å². The van der Waals surface area contributed by atoms with Gasteiger partial charge in [-0.2, -0.15) is 9.19 Å². The average molecular weight is 335 g/mol. The third-order valence-corrected chi connectivity index (χ3v) is 5.99. The van der Waals surface area contributed by atoms with Crippen LogP contribution in [0.2, 0.25) is 0 Å². The molecule has 2 N–H and O–H groups in total. The molecular weight excluding hydrogens is 318 g/mol. The van der Waals surface area contributed by atoms with Gasteiger partial charge in [0.2, 0.25) is 0 Å². The van der Waals surface area contributed by atoms with Crippen molar-refractivity contribution in [1.29, 1.82) is 0 Å². The van der Waals surface area contributed by atoms with Crippen molar-refractivity contribution in [3.63, 3.8) is 0 Å². The Morgan fingerprint density at radius 2 is 2.04 bits per heavy atom. The number of nitrogen functional groups attached to an aromatic ring is 1. The lowest BCUT2D eigenvalue weighted by atomic mass is 10.00. The van der Waals surface area contributed by atoms with Crippen molar-refractivity contribution in [3.05, 3.63) is 35.7 Å². The number of hydrogen-bond acceptors (Lipinski definition) is 6. The van der Waals surface area contributed by atoms with Crippen molar-refractivity contribution in [2.75, 3.05) is 12.8 Å². The number of ether oxygens (including phenoxy) is 1. The van der Waals surface area contributed by atoms with Crippen LogP contribution in [0.5, 0.6) is 0 Å². The van der Waals surface area contributed by atoms with E-state index >= 15 is 0 Å². The summed E-state index contributed by atoms with van der Waals surface area (Å²) in [4.78, 5) is 11.8. The Bertz CT molecular complexity index is 882. The third-order valence-electron chi connectivity index (χ3n) is 3.95. The van der Waals surface area contributed by atoms with Gasteiger partial charge in [-0.1, -0.05) is 0 Å². The van der Waals surface area contributed by atoms with E-state index in [-0.39, 0.29) is 5.25 Å². The molecule has 23 heavy (non-hydrogen) atoms. The van der Waals surface area contributed by atoms with Crippen LogP contribution in [0.25, 0.3) is 11.1 Å². The predicted octanol–water partition coefficient (Wildman–Crippen LogP) is 1.57. The molecule has 1 heterocycles. The van der Waals surface area contributed by atoms with Crippen molar-refractivity contribution in [2.45, 2.75) is 25.0 Å². The van der Waals surface area contributed by atoms with Gasteiger partial charge in [-0.15, -0.1) is 0 Å². The molecule has 3 rings (SSSR count). The molecule has 0 saturated heterocycles. The summed E-state index contributed by atoms with van der Waals surface area (Å²) in [5.41, 5.74) is 8.54. The van der Waals surface area contributed by atoms with Gasteiger partial charge >= 0.3 is 5.97 Å².